The van der Waals surface area contributed by atoms with Gasteiger partial charge < -0.3 is 9.80 Å². The number of carbonyl (C=O) groups excluding carboxylic acids is 3. The molecule has 0 radical (unpaired) electrons. The van der Waals surface area contributed by atoms with Gasteiger partial charge in [0.1, 0.15) is 0 Å². The maximum atomic E-state index is 13.5. The minimum atomic E-state index is -0.248. The van der Waals surface area contributed by atoms with Crippen molar-refractivity contribution in [2.45, 2.75) is 32.9 Å². The van der Waals surface area contributed by atoms with Crippen LogP contribution < -0.4 is 4.90 Å². The number of hydrogen-bond donors (Lipinski definition) is 0. The summed E-state index contributed by atoms with van der Waals surface area (Å²) in [5, 5.41) is 1.95. The summed E-state index contributed by atoms with van der Waals surface area (Å²) in [7, 11) is 0. The average molecular weight is 488 g/mol. The molecule has 7 heteroatoms. The van der Waals surface area contributed by atoms with E-state index in [1.807, 2.05) is 71.8 Å². The summed E-state index contributed by atoms with van der Waals surface area (Å²) in [6.07, 6.45) is 1.69. The number of thiophene rings is 1. The first-order valence-corrected chi connectivity index (χ1v) is 13.0. The molecule has 180 valence electrons. The first kappa shape index (κ1) is 23.3. The molecule has 1 saturated heterocycles. The Morgan fingerprint density at radius 2 is 1.86 bits per heavy atom. The molecule has 2 aliphatic rings. The van der Waals surface area contributed by atoms with Crippen LogP contribution in [0.2, 0.25) is 0 Å². The molecule has 3 heterocycles. The Kier molecular flexibility index (Phi) is 6.68. The molecule has 5 rings (SSSR count). The monoisotopic (exact) mass is 487 g/mol. The summed E-state index contributed by atoms with van der Waals surface area (Å²) in [6.45, 7) is 4.85. The van der Waals surface area contributed by atoms with Crippen molar-refractivity contribution in [3.63, 3.8) is 0 Å². The summed E-state index contributed by atoms with van der Waals surface area (Å²) in [6, 6.07) is 19.4. The van der Waals surface area contributed by atoms with Gasteiger partial charge in [0.25, 0.3) is 11.8 Å². The summed E-state index contributed by atoms with van der Waals surface area (Å²) in [5.41, 5.74) is 2.81. The topological polar surface area (TPSA) is 60.9 Å². The van der Waals surface area contributed by atoms with Gasteiger partial charge in [0.15, 0.2) is 0 Å². The molecule has 0 N–H and O–H groups in total. The number of benzene rings is 2. The van der Waals surface area contributed by atoms with Gasteiger partial charge in [-0.3, -0.25) is 19.3 Å². The Labute approximate surface area is 209 Å². The highest BCUT2D eigenvalue weighted by molar-refractivity contribution is 7.09. The number of imide groups is 1. The zero-order valence-corrected chi connectivity index (χ0v) is 20.7. The first-order chi connectivity index (χ1) is 17.1. The molecule has 0 spiro atoms. The van der Waals surface area contributed by atoms with Crippen molar-refractivity contribution >= 4 is 34.7 Å². The maximum Gasteiger partial charge on any atom is 0.264 e. The van der Waals surface area contributed by atoms with Crippen LogP contribution in [0.4, 0.5) is 5.69 Å². The number of carbonyl (C=O) groups is 3. The third-order valence-electron chi connectivity index (χ3n) is 6.89. The number of piperidine rings is 1. The van der Waals surface area contributed by atoms with Gasteiger partial charge in [0, 0.05) is 31.1 Å². The molecule has 0 saturated carbocycles. The van der Waals surface area contributed by atoms with Gasteiger partial charge in [-0.15, -0.1) is 11.3 Å². The molecular weight excluding hydrogens is 458 g/mol. The van der Waals surface area contributed by atoms with E-state index in [0.29, 0.717) is 30.8 Å². The number of amides is 3. The van der Waals surface area contributed by atoms with Crippen molar-refractivity contribution in [3.05, 3.63) is 87.6 Å². The summed E-state index contributed by atoms with van der Waals surface area (Å²) in [4.78, 5) is 46.3. The quantitative estimate of drug-likeness (QED) is 0.449. The van der Waals surface area contributed by atoms with E-state index in [9.17, 15) is 14.4 Å². The van der Waals surface area contributed by atoms with E-state index in [1.165, 1.54) is 16.2 Å². The normalized spacial score (nSPS) is 17.6. The van der Waals surface area contributed by atoms with Crippen molar-refractivity contribution < 1.29 is 14.4 Å². The van der Waals surface area contributed by atoms with E-state index in [0.717, 1.165) is 35.5 Å². The summed E-state index contributed by atoms with van der Waals surface area (Å²) < 4.78 is 0. The van der Waals surface area contributed by atoms with Crippen LogP contribution in [-0.4, -0.2) is 47.2 Å². The smallest absolute Gasteiger partial charge is 0.264 e. The number of hydrogen-bond acceptors (Lipinski definition) is 5. The van der Waals surface area contributed by atoms with Gasteiger partial charge in [-0.25, -0.2) is 0 Å². The fourth-order valence-electron chi connectivity index (χ4n) is 5.09. The number of rotatable bonds is 7. The number of anilines is 1. The molecule has 35 heavy (non-hydrogen) atoms. The molecule has 0 aliphatic carbocycles. The maximum absolute atomic E-state index is 13.5. The van der Waals surface area contributed by atoms with Crippen molar-refractivity contribution in [1.82, 2.24) is 9.80 Å². The molecule has 0 unspecified atom stereocenters. The molecule has 1 aromatic heterocycles. The number of nitrogens with zero attached hydrogens (tertiary/aromatic N) is 3. The second-order valence-corrected chi connectivity index (χ2v) is 10.1. The number of fused-ring (bicyclic) bond motifs is 1. The zero-order valence-electron chi connectivity index (χ0n) is 19.9. The molecule has 3 aromatic rings. The minimum absolute atomic E-state index is 0.141. The highest BCUT2D eigenvalue weighted by atomic mass is 32.1. The first-order valence-electron chi connectivity index (χ1n) is 12.2. The fourth-order valence-corrected chi connectivity index (χ4v) is 5.78. The van der Waals surface area contributed by atoms with Gasteiger partial charge in [0.05, 0.1) is 29.3 Å². The molecule has 1 atom stereocenters. The zero-order chi connectivity index (χ0) is 24.4. The van der Waals surface area contributed by atoms with Gasteiger partial charge in [0.2, 0.25) is 5.91 Å². The van der Waals surface area contributed by atoms with Gasteiger partial charge in [-0.2, -0.15) is 0 Å². The average Bonchev–Trinajstić information content (AvgIpc) is 3.50. The Morgan fingerprint density at radius 3 is 2.60 bits per heavy atom. The summed E-state index contributed by atoms with van der Waals surface area (Å²) in [5.74, 6) is -0.486. The third-order valence-corrected chi connectivity index (χ3v) is 7.75. The predicted octanol–water partition coefficient (Wildman–Crippen LogP) is 4.81. The predicted molar refractivity (Wildman–Crippen MR) is 137 cm³/mol. The van der Waals surface area contributed by atoms with Gasteiger partial charge in [-0.1, -0.05) is 42.5 Å². The molecule has 2 aliphatic heterocycles. The fraction of sp³-hybridized carbons (Fsp3) is 0.321. The molecule has 6 nitrogen and oxygen atoms in total. The van der Waals surface area contributed by atoms with Crippen LogP contribution in [0.25, 0.3) is 0 Å². The molecule has 3 amide bonds. The van der Waals surface area contributed by atoms with Crippen molar-refractivity contribution in [2.24, 2.45) is 5.92 Å². The lowest BCUT2D eigenvalue weighted by Crippen LogP contribution is -2.45. The standard InChI is InChI=1S/C28H29N3O3S/c1-2-29(17-20-9-4-3-5-10-20)26(32)21-11-7-15-30(18-21)24-14-6-13-23-25(24)28(34)31(27(23)33)19-22-12-8-16-35-22/h3-6,8-10,12-14,16,21H,2,7,11,15,17-19H2,1H3/t21-/m1/s1. The lowest BCUT2D eigenvalue weighted by molar-refractivity contribution is -0.136. The van der Waals surface area contributed by atoms with Crippen LogP contribution in [0.5, 0.6) is 0 Å². The Morgan fingerprint density at radius 1 is 1.03 bits per heavy atom. The minimum Gasteiger partial charge on any atom is -0.370 e. The Balaban J connectivity index is 1.35. The molecule has 2 aromatic carbocycles. The van der Waals surface area contributed by atoms with E-state index in [-0.39, 0.29) is 30.2 Å². The highest BCUT2D eigenvalue weighted by Gasteiger charge is 2.39. The third kappa shape index (κ3) is 4.60. The van der Waals surface area contributed by atoms with Gasteiger partial charge >= 0.3 is 0 Å². The van der Waals surface area contributed by atoms with Crippen LogP contribution in [-0.2, 0) is 17.9 Å². The van der Waals surface area contributed by atoms with E-state index in [2.05, 4.69) is 4.90 Å². The van der Waals surface area contributed by atoms with E-state index in [1.54, 1.807) is 6.07 Å². The van der Waals surface area contributed by atoms with E-state index < -0.39 is 0 Å². The highest BCUT2D eigenvalue weighted by Crippen LogP contribution is 2.35. The van der Waals surface area contributed by atoms with Crippen molar-refractivity contribution in [3.8, 4) is 0 Å². The van der Waals surface area contributed by atoms with Crippen LogP contribution in [0.3, 0.4) is 0 Å². The summed E-state index contributed by atoms with van der Waals surface area (Å²) >= 11 is 1.53. The van der Waals surface area contributed by atoms with Crippen LogP contribution in [0.15, 0.2) is 66.0 Å². The van der Waals surface area contributed by atoms with E-state index >= 15 is 0 Å². The lowest BCUT2D eigenvalue weighted by atomic mass is 9.94. The Hall–Kier alpha value is -3.45. The molecule has 1 fully saturated rings. The second kappa shape index (κ2) is 10.0. The largest absolute Gasteiger partial charge is 0.370 e. The second-order valence-electron chi connectivity index (χ2n) is 9.10. The lowest BCUT2D eigenvalue weighted by Gasteiger charge is -2.36. The molecule has 0 bridgehead atoms. The van der Waals surface area contributed by atoms with Crippen LogP contribution >= 0.6 is 11.3 Å². The van der Waals surface area contributed by atoms with Crippen LogP contribution in [0.1, 0.15) is 50.9 Å². The van der Waals surface area contributed by atoms with E-state index in [4.69, 9.17) is 0 Å². The molecular formula is C28H29N3O3S. The van der Waals surface area contributed by atoms with Crippen molar-refractivity contribution in [2.75, 3.05) is 24.5 Å². The van der Waals surface area contributed by atoms with Crippen LogP contribution in [0, 0.1) is 5.92 Å². The van der Waals surface area contributed by atoms with Crippen molar-refractivity contribution in [1.29, 1.82) is 0 Å². The van der Waals surface area contributed by atoms with Gasteiger partial charge in [-0.05, 0) is 48.9 Å². The Bertz CT molecular complexity index is 1230. The SMILES string of the molecule is CCN(Cc1ccccc1)C(=O)[C@@H]1CCCN(c2cccc3c2C(=O)N(Cc2cccs2)C3=O)C1.